The first-order valence-electron chi connectivity index (χ1n) is 11.3. The zero-order valence-corrected chi connectivity index (χ0v) is 21.3. The second-order valence-electron chi connectivity index (χ2n) is 8.22. The maximum absolute atomic E-state index is 11.4. The molecule has 0 saturated carbocycles. The van der Waals surface area contributed by atoms with Crippen molar-refractivity contribution in [1.29, 1.82) is 0 Å². The van der Waals surface area contributed by atoms with Crippen molar-refractivity contribution in [2.75, 3.05) is 38.3 Å². The monoisotopic (exact) mass is 516 g/mol. The molecule has 0 aliphatic rings. The molecule has 0 aliphatic carbocycles. The molecular weight excluding hydrogens is 484 g/mol. The van der Waals surface area contributed by atoms with Crippen molar-refractivity contribution in [2.45, 2.75) is 18.6 Å². The Morgan fingerprint density at radius 3 is 1.89 bits per heavy atom. The average Bonchev–Trinajstić information content (AvgIpc) is 2.85. The normalized spacial score (nSPS) is 12.2. The van der Waals surface area contributed by atoms with E-state index < -0.39 is 16.3 Å². The second kappa shape index (κ2) is 12.5. The van der Waals surface area contributed by atoms with Gasteiger partial charge in [0.25, 0.3) is 0 Å². The van der Waals surface area contributed by atoms with Crippen LogP contribution in [0.3, 0.4) is 0 Å². The van der Waals surface area contributed by atoms with E-state index in [2.05, 4.69) is 10.0 Å². The summed E-state index contributed by atoms with van der Waals surface area (Å²) in [7, 11) is -0.312. The van der Waals surface area contributed by atoms with Gasteiger partial charge in [-0.3, -0.25) is 4.72 Å². The van der Waals surface area contributed by atoms with Crippen LogP contribution >= 0.6 is 0 Å². The van der Waals surface area contributed by atoms with Crippen molar-refractivity contribution in [1.82, 2.24) is 5.32 Å². The number of hydrogen-bond donors (Lipinski definition) is 4. The fourth-order valence-electron chi connectivity index (χ4n) is 3.74. The Labute approximate surface area is 211 Å². The average molecular weight is 517 g/mol. The predicted molar refractivity (Wildman–Crippen MR) is 139 cm³/mol. The molecule has 194 valence electrons. The minimum Gasteiger partial charge on any atom is -0.506 e. The molecule has 36 heavy (non-hydrogen) atoms. The van der Waals surface area contributed by atoms with Crippen LogP contribution in [-0.2, 0) is 10.0 Å². The number of aliphatic hydroxyl groups is 1. The van der Waals surface area contributed by atoms with E-state index in [1.807, 2.05) is 48.5 Å². The van der Waals surface area contributed by atoms with Crippen LogP contribution in [0.4, 0.5) is 5.69 Å². The lowest BCUT2D eigenvalue weighted by Crippen LogP contribution is -2.32. The van der Waals surface area contributed by atoms with E-state index in [-0.39, 0.29) is 29.6 Å². The Morgan fingerprint density at radius 1 is 0.861 bits per heavy atom. The first kappa shape index (κ1) is 27.1. The van der Waals surface area contributed by atoms with E-state index in [0.717, 1.165) is 35.3 Å². The molecule has 0 saturated heterocycles. The predicted octanol–water partition coefficient (Wildman–Crippen LogP) is 3.29. The standard InChI is InChI=1S/C26H32N2O7S/c1-33-20-8-4-18(5-9-20)23(19-6-10-21(34-2)11-7-19)14-15-27-17-26(30)35-22-12-13-25(29)24(16-22)28-36(3,31)32/h4-13,16,23,26-30H,14-15,17H2,1-3H3. The number of nitrogens with one attached hydrogen (secondary N) is 2. The van der Waals surface area contributed by atoms with Gasteiger partial charge in [0.05, 0.1) is 32.7 Å². The molecule has 3 aromatic carbocycles. The topological polar surface area (TPSA) is 126 Å². The van der Waals surface area contributed by atoms with Gasteiger partial charge in [0.1, 0.15) is 23.0 Å². The third-order valence-corrected chi connectivity index (χ3v) is 6.09. The van der Waals surface area contributed by atoms with Gasteiger partial charge in [0.2, 0.25) is 16.3 Å². The van der Waals surface area contributed by atoms with Crippen LogP contribution < -0.4 is 24.2 Å². The summed E-state index contributed by atoms with van der Waals surface area (Å²) in [5, 5.41) is 23.3. The summed E-state index contributed by atoms with van der Waals surface area (Å²) in [4.78, 5) is 0. The Morgan fingerprint density at radius 2 is 1.39 bits per heavy atom. The molecule has 9 nitrogen and oxygen atoms in total. The Bertz CT molecular complexity index is 1170. The van der Waals surface area contributed by atoms with Gasteiger partial charge in [-0.25, -0.2) is 8.42 Å². The number of aromatic hydroxyl groups is 1. The largest absolute Gasteiger partial charge is 0.506 e. The van der Waals surface area contributed by atoms with Gasteiger partial charge in [-0.05, 0) is 60.5 Å². The Balaban J connectivity index is 1.59. The summed E-state index contributed by atoms with van der Waals surface area (Å²) in [5.41, 5.74) is 2.24. The minimum atomic E-state index is -3.58. The van der Waals surface area contributed by atoms with E-state index in [4.69, 9.17) is 14.2 Å². The minimum absolute atomic E-state index is 0.0306. The number of phenolic OH excluding ortho intramolecular Hbond substituents is 1. The molecule has 3 rings (SSSR count). The van der Waals surface area contributed by atoms with Gasteiger partial charge in [-0.2, -0.15) is 0 Å². The lowest BCUT2D eigenvalue weighted by Gasteiger charge is -2.20. The molecule has 0 heterocycles. The van der Waals surface area contributed by atoms with Gasteiger partial charge < -0.3 is 29.7 Å². The van der Waals surface area contributed by atoms with Gasteiger partial charge in [0, 0.05) is 12.0 Å². The Kier molecular flexibility index (Phi) is 9.40. The highest BCUT2D eigenvalue weighted by Crippen LogP contribution is 2.31. The number of benzene rings is 3. The van der Waals surface area contributed by atoms with Crippen molar-refractivity contribution in [3.63, 3.8) is 0 Å². The summed E-state index contributed by atoms with van der Waals surface area (Å²) in [6.07, 6.45) is 0.553. The SMILES string of the molecule is COc1ccc(C(CCNCC(O)Oc2ccc(O)c(NS(C)(=O)=O)c2)c2ccc(OC)cc2)cc1. The molecule has 0 bridgehead atoms. The number of phenols is 1. The van der Waals surface area contributed by atoms with Crippen LogP contribution in [0.25, 0.3) is 0 Å². The number of hydrogen-bond acceptors (Lipinski definition) is 8. The van der Waals surface area contributed by atoms with Gasteiger partial charge in [0.15, 0.2) is 0 Å². The first-order valence-corrected chi connectivity index (χ1v) is 13.2. The zero-order chi connectivity index (χ0) is 26.1. The molecule has 1 atom stereocenters. The fraction of sp³-hybridized carbons (Fsp3) is 0.308. The maximum Gasteiger partial charge on any atom is 0.229 e. The molecule has 0 aliphatic heterocycles. The summed E-state index contributed by atoms with van der Waals surface area (Å²) < 4.78 is 41.1. The molecule has 10 heteroatoms. The number of aliphatic hydroxyl groups excluding tert-OH is 1. The number of rotatable bonds is 13. The highest BCUT2D eigenvalue weighted by atomic mass is 32.2. The smallest absolute Gasteiger partial charge is 0.229 e. The second-order valence-corrected chi connectivity index (χ2v) is 9.97. The van der Waals surface area contributed by atoms with E-state index in [1.54, 1.807) is 14.2 Å². The van der Waals surface area contributed by atoms with Crippen molar-refractivity contribution in [3.8, 4) is 23.0 Å². The van der Waals surface area contributed by atoms with Crippen molar-refractivity contribution < 1.29 is 32.8 Å². The van der Waals surface area contributed by atoms with Crippen molar-refractivity contribution >= 4 is 15.7 Å². The van der Waals surface area contributed by atoms with Crippen LogP contribution in [0.15, 0.2) is 66.7 Å². The summed E-state index contributed by atoms with van der Waals surface area (Å²) in [6.45, 7) is 0.743. The summed E-state index contributed by atoms with van der Waals surface area (Å²) in [6, 6.07) is 19.9. The van der Waals surface area contributed by atoms with Crippen LogP contribution in [0.1, 0.15) is 23.5 Å². The maximum atomic E-state index is 11.4. The Hall–Kier alpha value is -3.47. The quantitative estimate of drug-likeness (QED) is 0.155. The summed E-state index contributed by atoms with van der Waals surface area (Å²) >= 11 is 0. The molecule has 1 unspecified atom stereocenters. The van der Waals surface area contributed by atoms with Gasteiger partial charge in [-0.1, -0.05) is 24.3 Å². The van der Waals surface area contributed by atoms with Gasteiger partial charge >= 0.3 is 0 Å². The van der Waals surface area contributed by atoms with Crippen molar-refractivity contribution in [2.24, 2.45) is 0 Å². The molecule has 0 fully saturated rings. The number of methoxy groups -OCH3 is 2. The molecule has 0 aromatic heterocycles. The van der Waals surface area contributed by atoms with E-state index in [9.17, 15) is 18.6 Å². The number of ether oxygens (including phenoxy) is 3. The highest BCUT2D eigenvalue weighted by molar-refractivity contribution is 7.92. The van der Waals surface area contributed by atoms with Gasteiger partial charge in [-0.15, -0.1) is 0 Å². The van der Waals surface area contributed by atoms with Crippen molar-refractivity contribution in [3.05, 3.63) is 77.9 Å². The van der Waals surface area contributed by atoms with Crippen LogP contribution in [0.5, 0.6) is 23.0 Å². The highest BCUT2D eigenvalue weighted by Gasteiger charge is 2.16. The van der Waals surface area contributed by atoms with E-state index in [1.165, 1.54) is 18.2 Å². The number of sulfonamides is 1. The first-order chi connectivity index (χ1) is 17.2. The van der Waals surface area contributed by atoms with Crippen LogP contribution in [0, 0.1) is 0 Å². The van der Waals surface area contributed by atoms with Crippen LogP contribution in [0.2, 0.25) is 0 Å². The third kappa shape index (κ3) is 8.04. The fourth-order valence-corrected chi connectivity index (χ4v) is 4.30. The zero-order valence-electron chi connectivity index (χ0n) is 20.5. The molecular formula is C26H32N2O7S. The van der Waals surface area contributed by atoms with E-state index >= 15 is 0 Å². The van der Waals surface area contributed by atoms with E-state index in [0.29, 0.717) is 6.54 Å². The lowest BCUT2D eigenvalue weighted by molar-refractivity contribution is -0.0150. The molecule has 0 spiro atoms. The molecule has 0 amide bonds. The lowest BCUT2D eigenvalue weighted by atomic mass is 9.88. The molecule has 0 radical (unpaired) electrons. The molecule has 3 aromatic rings. The third-order valence-electron chi connectivity index (χ3n) is 5.50. The number of anilines is 1. The molecule has 4 N–H and O–H groups in total. The van der Waals surface area contributed by atoms with Crippen LogP contribution in [-0.4, -0.2) is 58.5 Å². The summed E-state index contributed by atoms with van der Waals surface area (Å²) in [5.74, 6) is 1.64.